The SMILES string of the molecule is CC(C(=O)C(=O)OC(C)(C)C)=C1CC(F)=Cc2ccccc21. The normalized spacial score (nSPS) is 16.5. The van der Waals surface area contributed by atoms with Crippen molar-refractivity contribution in [3.05, 3.63) is 46.8 Å². The zero-order valence-corrected chi connectivity index (χ0v) is 13.2. The molecule has 0 spiro atoms. The molecule has 1 aliphatic carbocycles. The van der Waals surface area contributed by atoms with E-state index in [2.05, 4.69) is 0 Å². The van der Waals surface area contributed by atoms with Gasteiger partial charge < -0.3 is 4.74 Å². The molecule has 0 amide bonds. The van der Waals surface area contributed by atoms with E-state index in [1.807, 2.05) is 12.1 Å². The second-order valence-corrected chi connectivity index (χ2v) is 6.29. The number of ketones is 1. The number of rotatable bonds is 2. The van der Waals surface area contributed by atoms with E-state index in [4.69, 9.17) is 4.74 Å². The summed E-state index contributed by atoms with van der Waals surface area (Å²) in [7, 11) is 0. The topological polar surface area (TPSA) is 43.4 Å². The molecule has 22 heavy (non-hydrogen) atoms. The standard InChI is InChI=1S/C18H19FO3/c1-11(16(20)17(21)22-18(2,3)4)15-10-13(19)9-12-7-5-6-8-14(12)15/h5-9H,10H2,1-4H3. The number of Topliss-reactive ketones (excluding diaryl/α,β-unsaturated/α-hetero) is 1. The van der Waals surface area contributed by atoms with E-state index < -0.39 is 17.4 Å². The van der Waals surface area contributed by atoms with Crippen LogP contribution in [-0.2, 0) is 14.3 Å². The van der Waals surface area contributed by atoms with Crippen molar-refractivity contribution in [1.82, 2.24) is 0 Å². The lowest BCUT2D eigenvalue weighted by molar-refractivity contribution is -0.160. The lowest BCUT2D eigenvalue weighted by Gasteiger charge is -2.21. The van der Waals surface area contributed by atoms with Gasteiger partial charge in [0.25, 0.3) is 5.78 Å². The molecule has 0 atom stereocenters. The van der Waals surface area contributed by atoms with Gasteiger partial charge in [0, 0.05) is 12.0 Å². The molecule has 116 valence electrons. The van der Waals surface area contributed by atoms with Crippen LogP contribution in [0.5, 0.6) is 0 Å². The highest BCUT2D eigenvalue weighted by molar-refractivity contribution is 6.41. The Hall–Kier alpha value is -2.23. The summed E-state index contributed by atoms with van der Waals surface area (Å²) in [6.45, 7) is 6.62. The van der Waals surface area contributed by atoms with Crippen LogP contribution in [0.2, 0.25) is 0 Å². The summed E-state index contributed by atoms with van der Waals surface area (Å²) >= 11 is 0. The first-order valence-corrected chi connectivity index (χ1v) is 7.12. The summed E-state index contributed by atoms with van der Waals surface area (Å²) in [6.07, 6.45) is 1.46. The highest BCUT2D eigenvalue weighted by atomic mass is 19.1. The number of allylic oxidation sites excluding steroid dienone is 2. The van der Waals surface area contributed by atoms with Crippen LogP contribution in [-0.4, -0.2) is 17.4 Å². The zero-order valence-electron chi connectivity index (χ0n) is 13.2. The molecule has 0 bridgehead atoms. The Morgan fingerprint density at radius 2 is 1.82 bits per heavy atom. The fourth-order valence-electron chi connectivity index (χ4n) is 2.33. The van der Waals surface area contributed by atoms with Gasteiger partial charge in [0.15, 0.2) is 0 Å². The molecule has 0 aliphatic heterocycles. The molecule has 1 aliphatic rings. The fraction of sp³-hybridized carbons (Fsp3) is 0.333. The molecule has 4 heteroatoms. The van der Waals surface area contributed by atoms with Crippen molar-refractivity contribution in [2.75, 3.05) is 0 Å². The van der Waals surface area contributed by atoms with E-state index in [1.54, 1.807) is 32.9 Å². The maximum Gasteiger partial charge on any atom is 0.379 e. The smallest absolute Gasteiger partial charge is 0.379 e. The maximum atomic E-state index is 13.8. The molecule has 0 heterocycles. The largest absolute Gasteiger partial charge is 0.454 e. The molecule has 1 aromatic rings. The van der Waals surface area contributed by atoms with Gasteiger partial charge in [-0.2, -0.15) is 0 Å². The van der Waals surface area contributed by atoms with Crippen LogP contribution in [0.25, 0.3) is 11.6 Å². The molecule has 1 aromatic carbocycles. The summed E-state index contributed by atoms with van der Waals surface area (Å²) in [6, 6.07) is 7.22. The lowest BCUT2D eigenvalue weighted by atomic mass is 9.87. The number of halogens is 1. The average Bonchev–Trinajstić information content (AvgIpc) is 2.42. The van der Waals surface area contributed by atoms with Crippen LogP contribution in [0.1, 0.15) is 45.2 Å². The average molecular weight is 302 g/mol. The Kier molecular flexibility index (Phi) is 4.31. The van der Waals surface area contributed by atoms with E-state index in [0.29, 0.717) is 11.1 Å². The van der Waals surface area contributed by atoms with Crippen molar-refractivity contribution >= 4 is 23.4 Å². The van der Waals surface area contributed by atoms with Crippen molar-refractivity contribution in [2.45, 2.75) is 39.7 Å². The number of esters is 1. The quantitative estimate of drug-likeness (QED) is 0.469. The van der Waals surface area contributed by atoms with Gasteiger partial charge >= 0.3 is 5.97 Å². The molecule has 0 unspecified atom stereocenters. The highest BCUT2D eigenvalue weighted by Crippen LogP contribution is 2.35. The summed E-state index contributed by atoms with van der Waals surface area (Å²) in [5.74, 6) is -1.97. The van der Waals surface area contributed by atoms with Gasteiger partial charge in [-0.15, -0.1) is 0 Å². The number of benzene rings is 1. The van der Waals surface area contributed by atoms with Gasteiger partial charge in [-0.1, -0.05) is 24.3 Å². The number of fused-ring (bicyclic) bond motifs is 1. The first kappa shape index (κ1) is 16.1. The number of hydrogen-bond donors (Lipinski definition) is 0. The molecule has 0 radical (unpaired) electrons. The van der Waals surface area contributed by atoms with E-state index in [1.165, 1.54) is 13.0 Å². The van der Waals surface area contributed by atoms with Crippen LogP contribution in [0.4, 0.5) is 4.39 Å². The van der Waals surface area contributed by atoms with Crippen molar-refractivity contribution in [3.8, 4) is 0 Å². The first-order chi connectivity index (χ1) is 10.2. The van der Waals surface area contributed by atoms with Crippen molar-refractivity contribution in [1.29, 1.82) is 0 Å². The van der Waals surface area contributed by atoms with E-state index >= 15 is 0 Å². The third-order valence-corrected chi connectivity index (χ3v) is 3.32. The van der Waals surface area contributed by atoms with Crippen molar-refractivity contribution in [3.63, 3.8) is 0 Å². The Morgan fingerprint density at radius 3 is 2.45 bits per heavy atom. The third-order valence-electron chi connectivity index (χ3n) is 3.32. The molecule has 0 N–H and O–H groups in total. The van der Waals surface area contributed by atoms with Crippen LogP contribution in [0.15, 0.2) is 35.7 Å². The summed E-state index contributed by atoms with van der Waals surface area (Å²) < 4.78 is 18.9. The molecule has 3 nitrogen and oxygen atoms in total. The predicted molar refractivity (Wildman–Crippen MR) is 83.6 cm³/mol. The van der Waals surface area contributed by atoms with Gasteiger partial charge in [-0.05, 0) is 50.5 Å². The Bertz CT molecular complexity index is 691. The summed E-state index contributed by atoms with van der Waals surface area (Å²) in [4.78, 5) is 24.2. The maximum absolute atomic E-state index is 13.8. The molecule has 0 fully saturated rings. The summed E-state index contributed by atoms with van der Waals surface area (Å²) in [5, 5.41) is 0. The second kappa shape index (κ2) is 5.87. The number of hydrogen-bond acceptors (Lipinski definition) is 3. The Labute approximate surface area is 129 Å². The zero-order chi connectivity index (χ0) is 16.5. The third kappa shape index (κ3) is 3.50. The van der Waals surface area contributed by atoms with Gasteiger partial charge in [0.2, 0.25) is 0 Å². The highest BCUT2D eigenvalue weighted by Gasteiger charge is 2.27. The number of carbonyl (C=O) groups excluding carboxylic acids is 2. The van der Waals surface area contributed by atoms with E-state index in [0.717, 1.165) is 5.56 Å². The van der Waals surface area contributed by atoms with Crippen LogP contribution in [0.3, 0.4) is 0 Å². The minimum Gasteiger partial charge on any atom is -0.454 e. The van der Waals surface area contributed by atoms with Crippen molar-refractivity contribution < 1.29 is 18.7 Å². The molecule has 0 aromatic heterocycles. The minimum atomic E-state index is -0.912. The van der Waals surface area contributed by atoms with Crippen molar-refractivity contribution in [2.24, 2.45) is 0 Å². The van der Waals surface area contributed by atoms with E-state index in [-0.39, 0.29) is 17.8 Å². The first-order valence-electron chi connectivity index (χ1n) is 7.12. The molecule has 2 rings (SSSR count). The van der Waals surface area contributed by atoms with Crippen LogP contribution in [0, 0.1) is 0 Å². The van der Waals surface area contributed by atoms with Crippen LogP contribution < -0.4 is 0 Å². The molecule has 0 saturated carbocycles. The number of carbonyl (C=O) groups is 2. The molecular weight excluding hydrogens is 283 g/mol. The minimum absolute atomic E-state index is 0.0113. The van der Waals surface area contributed by atoms with Gasteiger partial charge in [-0.25, -0.2) is 9.18 Å². The number of ether oxygens (including phenoxy) is 1. The van der Waals surface area contributed by atoms with Gasteiger partial charge in [0.05, 0.1) is 0 Å². The molecular formula is C18H19FO3. The monoisotopic (exact) mass is 302 g/mol. The summed E-state index contributed by atoms with van der Waals surface area (Å²) in [5.41, 5.74) is 1.50. The Morgan fingerprint density at radius 1 is 1.18 bits per heavy atom. The Balaban J connectivity index is 2.40. The van der Waals surface area contributed by atoms with E-state index in [9.17, 15) is 14.0 Å². The van der Waals surface area contributed by atoms with Gasteiger partial charge in [0.1, 0.15) is 11.4 Å². The van der Waals surface area contributed by atoms with Gasteiger partial charge in [-0.3, -0.25) is 4.79 Å². The van der Waals surface area contributed by atoms with Crippen LogP contribution >= 0.6 is 0 Å². The lowest BCUT2D eigenvalue weighted by Crippen LogP contribution is -2.29. The predicted octanol–water partition coefficient (Wildman–Crippen LogP) is 4.09. The molecule has 0 saturated heterocycles. The second-order valence-electron chi connectivity index (χ2n) is 6.29. The fourth-order valence-corrected chi connectivity index (χ4v) is 2.33.